The van der Waals surface area contributed by atoms with E-state index >= 15 is 0 Å². The SMILES string of the molecule is C=CC(=O)Nc1cccc(C(=O)OC(C)(C)C)c1. The van der Waals surface area contributed by atoms with Crippen molar-refractivity contribution in [1.29, 1.82) is 0 Å². The fourth-order valence-corrected chi connectivity index (χ4v) is 1.25. The summed E-state index contributed by atoms with van der Waals surface area (Å²) in [5, 5.41) is 2.58. The maximum Gasteiger partial charge on any atom is 0.338 e. The molecular weight excluding hydrogens is 230 g/mol. The number of rotatable bonds is 3. The molecule has 1 amide bonds. The van der Waals surface area contributed by atoms with Gasteiger partial charge in [0.2, 0.25) is 5.91 Å². The first-order valence-electron chi connectivity index (χ1n) is 5.58. The average Bonchev–Trinajstić information content (AvgIpc) is 2.27. The molecule has 4 heteroatoms. The Kier molecular flexibility index (Phi) is 4.26. The predicted octanol–water partition coefficient (Wildman–Crippen LogP) is 2.77. The van der Waals surface area contributed by atoms with E-state index in [0.29, 0.717) is 11.3 Å². The maximum absolute atomic E-state index is 11.8. The van der Waals surface area contributed by atoms with Crippen LogP contribution in [0.5, 0.6) is 0 Å². The number of ether oxygens (including phenoxy) is 1. The molecule has 0 fully saturated rings. The van der Waals surface area contributed by atoms with Crippen molar-refractivity contribution in [2.24, 2.45) is 0 Å². The monoisotopic (exact) mass is 247 g/mol. The minimum Gasteiger partial charge on any atom is -0.456 e. The number of anilines is 1. The summed E-state index contributed by atoms with van der Waals surface area (Å²) < 4.78 is 5.24. The highest BCUT2D eigenvalue weighted by molar-refractivity contribution is 6.00. The minimum absolute atomic E-state index is 0.323. The van der Waals surface area contributed by atoms with Crippen LogP contribution in [0.15, 0.2) is 36.9 Å². The van der Waals surface area contributed by atoms with Gasteiger partial charge in [0.1, 0.15) is 5.60 Å². The third kappa shape index (κ3) is 4.41. The number of benzene rings is 1. The number of hydrogen-bond donors (Lipinski definition) is 1. The standard InChI is InChI=1S/C14H17NO3/c1-5-12(16)15-11-8-6-7-10(9-11)13(17)18-14(2,3)4/h5-9H,1H2,2-4H3,(H,15,16). The number of carbonyl (C=O) groups excluding carboxylic acids is 2. The van der Waals surface area contributed by atoms with Gasteiger partial charge in [-0.05, 0) is 45.0 Å². The molecular formula is C14H17NO3. The van der Waals surface area contributed by atoms with Crippen LogP contribution in [0, 0.1) is 0 Å². The van der Waals surface area contributed by atoms with E-state index in [0.717, 1.165) is 0 Å². The average molecular weight is 247 g/mol. The maximum atomic E-state index is 11.8. The first-order valence-corrected chi connectivity index (χ1v) is 5.58. The molecule has 0 radical (unpaired) electrons. The minimum atomic E-state index is -0.544. The first kappa shape index (κ1) is 14.0. The summed E-state index contributed by atoms with van der Waals surface area (Å²) in [6.45, 7) is 8.76. The van der Waals surface area contributed by atoms with Crippen molar-refractivity contribution >= 4 is 17.6 Å². The number of amides is 1. The highest BCUT2D eigenvalue weighted by Gasteiger charge is 2.17. The second-order valence-corrected chi connectivity index (χ2v) is 4.78. The van der Waals surface area contributed by atoms with E-state index in [1.54, 1.807) is 45.0 Å². The van der Waals surface area contributed by atoms with Crippen LogP contribution < -0.4 is 5.32 Å². The number of carbonyl (C=O) groups is 2. The molecule has 0 saturated carbocycles. The number of nitrogens with one attached hydrogen (secondary N) is 1. The van der Waals surface area contributed by atoms with Gasteiger partial charge >= 0.3 is 5.97 Å². The van der Waals surface area contributed by atoms with Crippen LogP contribution in [0.1, 0.15) is 31.1 Å². The largest absolute Gasteiger partial charge is 0.456 e. The van der Waals surface area contributed by atoms with Gasteiger partial charge in [-0.25, -0.2) is 4.79 Å². The highest BCUT2D eigenvalue weighted by atomic mass is 16.6. The van der Waals surface area contributed by atoms with Crippen molar-refractivity contribution in [3.63, 3.8) is 0 Å². The van der Waals surface area contributed by atoms with Crippen LogP contribution in [-0.4, -0.2) is 17.5 Å². The first-order chi connectivity index (χ1) is 8.31. The molecule has 18 heavy (non-hydrogen) atoms. The van der Waals surface area contributed by atoms with Crippen molar-refractivity contribution in [3.8, 4) is 0 Å². The topological polar surface area (TPSA) is 55.4 Å². The van der Waals surface area contributed by atoms with Crippen LogP contribution in [-0.2, 0) is 9.53 Å². The van der Waals surface area contributed by atoms with Crippen molar-refractivity contribution in [2.75, 3.05) is 5.32 Å². The van der Waals surface area contributed by atoms with Gasteiger partial charge in [0, 0.05) is 5.69 Å². The Hall–Kier alpha value is -2.10. The smallest absolute Gasteiger partial charge is 0.338 e. The van der Waals surface area contributed by atoms with E-state index in [-0.39, 0.29) is 5.91 Å². The number of hydrogen-bond acceptors (Lipinski definition) is 3. The van der Waals surface area contributed by atoms with Crippen molar-refractivity contribution in [1.82, 2.24) is 0 Å². The molecule has 4 nitrogen and oxygen atoms in total. The molecule has 0 saturated heterocycles. The summed E-state index contributed by atoms with van der Waals surface area (Å²) in [4.78, 5) is 23.0. The quantitative estimate of drug-likeness (QED) is 0.660. The lowest BCUT2D eigenvalue weighted by Gasteiger charge is -2.19. The van der Waals surface area contributed by atoms with Crippen molar-refractivity contribution in [3.05, 3.63) is 42.5 Å². The molecule has 0 atom stereocenters. The van der Waals surface area contributed by atoms with Crippen LogP contribution >= 0.6 is 0 Å². The summed E-state index contributed by atoms with van der Waals surface area (Å²) in [7, 11) is 0. The summed E-state index contributed by atoms with van der Waals surface area (Å²) >= 11 is 0. The zero-order valence-electron chi connectivity index (χ0n) is 10.8. The summed E-state index contributed by atoms with van der Waals surface area (Å²) in [6, 6.07) is 6.57. The zero-order valence-corrected chi connectivity index (χ0v) is 10.8. The molecule has 0 aromatic heterocycles. The predicted molar refractivity (Wildman–Crippen MR) is 70.4 cm³/mol. The fraction of sp³-hybridized carbons (Fsp3) is 0.286. The Morgan fingerprint density at radius 2 is 2.00 bits per heavy atom. The van der Waals surface area contributed by atoms with Gasteiger partial charge in [-0.3, -0.25) is 4.79 Å². The fourth-order valence-electron chi connectivity index (χ4n) is 1.25. The summed E-state index contributed by atoms with van der Waals surface area (Å²) in [5.41, 5.74) is 0.382. The molecule has 1 aromatic carbocycles. The van der Waals surface area contributed by atoms with Crippen LogP contribution in [0.2, 0.25) is 0 Å². The molecule has 1 rings (SSSR count). The lowest BCUT2D eigenvalue weighted by Crippen LogP contribution is -2.24. The molecule has 1 N–H and O–H groups in total. The van der Waals surface area contributed by atoms with Gasteiger partial charge in [-0.1, -0.05) is 12.6 Å². The van der Waals surface area contributed by atoms with Gasteiger partial charge in [-0.2, -0.15) is 0 Å². The number of esters is 1. The van der Waals surface area contributed by atoms with E-state index in [9.17, 15) is 9.59 Å². The Labute approximate surface area is 107 Å². The second kappa shape index (κ2) is 5.49. The van der Waals surface area contributed by atoms with Gasteiger partial charge in [0.15, 0.2) is 0 Å². The van der Waals surface area contributed by atoms with Crippen LogP contribution in [0.3, 0.4) is 0 Å². The van der Waals surface area contributed by atoms with E-state index < -0.39 is 11.6 Å². The molecule has 0 bridgehead atoms. The molecule has 0 unspecified atom stereocenters. The highest BCUT2D eigenvalue weighted by Crippen LogP contribution is 2.15. The van der Waals surface area contributed by atoms with E-state index in [1.165, 1.54) is 6.08 Å². The molecule has 0 spiro atoms. The van der Waals surface area contributed by atoms with Gasteiger partial charge in [-0.15, -0.1) is 0 Å². The molecule has 1 aromatic rings. The molecule has 0 heterocycles. The Morgan fingerprint density at radius 1 is 1.33 bits per heavy atom. The van der Waals surface area contributed by atoms with E-state index in [2.05, 4.69) is 11.9 Å². The Balaban J connectivity index is 2.85. The van der Waals surface area contributed by atoms with E-state index in [4.69, 9.17) is 4.74 Å². The van der Waals surface area contributed by atoms with Crippen LogP contribution in [0.4, 0.5) is 5.69 Å². The lowest BCUT2D eigenvalue weighted by molar-refractivity contribution is -0.111. The van der Waals surface area contributed by atoms with Gasteiger partial charge in [0.05, 0.1) is 5.56 Å². The van der Waals surface area contributed by atoms with Crippen molar-refractivity contribution < 1.29 is 14.3 Å². The Morgan fingerprint density at radius 3 is 2.56 bits per heavy atom. The Bertz CT molecular complexity index is 472. The zero-order chi connectivity index (χ0) is 13.8. The third-order valence-electron chi connectivity index (χ3n) is 1.95. The van der Waals surface area contributed by atoms with E-state index in [1.807, 2.05) is 0 Å². The summed E-state index contributed by atoms with van der Waals surface area (Å²) in [6.07, 6.45) is 1.17. The third-order valence-corrected chi connectivity index (χ3v) is 1.95. The second-order valence-electron chi connectivity index (χ2n) is 4.78. The van der Waals surface area contributed by atoms with Crippen LogP contribution in [0.25, 0.3) is 0 Å². The van der Waals surface area contributed by atoms with Crippen molar-refractivity contribution in [2.45, 2.75) is 26.4 Å². The normalized spacial score (nSPS) is 10.6. The molecule has 96 valence electrons. The molecule has 0 aliphatic rings. The lowest BCUT2D eigenvalue weighted by atomic mass is 10.1. The van der Waals surface area contributed by atoms with Gasteiger partial charge < -0.3 is 10.1 Å². The van der Waals surface area contributed by atoms with Gasteiger partial charge in [0.25, 0.3) is 0 Å². The molecule has 0 aliphatic carbocycles. The summed E-state index contributed by atoms with van der Waals surface area (Å²) in [5.74, 6) is -0.742. The molecule has 0 aliphatic heterocycles.